The molecule has 0 aliphatic carbocycles. The highest BCUT2D eigenvalue weighted by Crippen LogP contribution is 2.07. The van der Waals surface area contributed by atoms with Crippen LogP contribution in [0.2, 0.25) is 0 Å². The molecule has 1 amide bonds. The highest BCUT2D eigenvalue weighted by Gasteiger charge is 2.13. The predicted molar refractivity (Wildman–Crippen MR) is 79.6 cm³/mol. The molecule has 1 N–H and O–H groups in total. The van der Waals surface area contributed by atoms with Crippen LogP contribution in [0.25, 0.3) is 0 Å². The number of carbonyl (C=O) groups excluding carboxylic acids is 1. The number of nitrogens with zero attached hydrogens (tertiary/aromatic N) is 1. The van der Waals surface area contributed by atoms with E-state index in [0.717, 1.165) is 0 Å². The first-order valence-corrected chi connectivity index (χ1v) is 6.46. The van der Waals surface area contributed by atoms with Crippen molar-refractivity contribution in [2.24, 2.45) is 5.16 Å². The lowest BCUT2D eigenvalue weighted by molar-refractivity contribution is -0.126. The molecule has 0 heterocycles. The lowest BCUT2D eigenvalue weighted by Gasteiger charge is -2.10. The molecule has 2 rings (SSSR count). The zero-order valence-electron chi connectivity index (χ0n) is 11.5. The minimum Gasteiger partial charge on any atom is -0.383 e. The summed E-state index contributed by atoms with van der Waals surface area (Å²) in [5, 5.41) is 6.33. The molecule has 1 atom stereocenters. The number of carbonyl (C=O) groups is 1. The van der Waals surface area contributed by atoms with Crippen molar-refractivity contribution in [2.45, 2.75) is 13.0 Å². The lowest BCUT2D eigenvalue weighted by atomic mass is 10.2. The zero-order chi connectivity index (χ0) is 15.1. The van der Waals surface area contributed by atoms with Gasteiger partial charge in [-0.3, -0.25) is 4.79 Å². The Balaban J connectivity index is 1.88. The van der Waals surface area contributed by atoms with E-state index in [4.69, 9.17) is 4.84 Å². The molecule has 0 spiro atoms. The van der Waals surface area contributed by atoms with Gasteiger partial charge in [-0.1, -0.05) is 41.6 Å². The third-order valence-corrected chi connectivity index (χ3v) is 2.73. The fourth-order valence-corrected chi connectivity index (χ4v) is 1.57. The monoisotopic (exact) mass is 286 g/mol. The first kappa shape index (κ1) is 14.7. The number of hydrogen-bond donors (Lipinski definition) is 1. The summed E-state index contributed by atoms with van der Waals surface area (Å²) in [7, 11) is 0. The quantitative estimate of drug-likeness (QED) is 0.678. The van der Waals surface area contributed by atoms with Gasteiger partial charge in [0.1, 0.15) is 5.82 Å². The summed E-state index contributed by atoms with van der Waals surface area (Å²) >= 11 is 0. The van der Waals surface area contributed by atoms with Gasteiger partial charge in [0.2, 0.25) is 6.10 Å². The van der Waals surface area contributed by atoms with Crippen LogP contribution in [0.4, 0.5) is 10.1 Å². The Labute approximate surface area is 122 Å². The number of hydrogen-bond acceptors (Lipinski definition) is 3. The van der Waals surface area contributed by atoms with E-state index in [1.807, 2.05) is 18.2 Å². The van der Waals surface area contributed by atoms with Crippen molar-refractivity contribution in [3.8, 4) is 0 Å². The highest BCUT2D eigenvalue weighted by molar-refractivity contribution is 5.93. The molecule has 21 heavy (non-hydrogen) atoms. The number of amides is 1. The minimum absolute atomic E-state index is 0.299. The van der Waals surface area contributed by atoms with Crippen LogP contribution in [0, 0.1) is 5.82 Å². The van der Waals surface area contributed by atoms with E-state index in [2.05, 4.69) is 10.5 Å². The lowest BCUT2D eigenvalue weighted by Crippen LogP contribution is -2.26. The molecule has 0 aliphatic rings. The Kier molecular flexibility index (Phi) is 5.04. The van der Waals surface area contributed by atoms with Crippen molar-refractivity contribution in [3.05, 3.63) is 66.0 Å². The van der Waals surface area contributed by atoms with E-state index >= 15 is 0 Å². The van der Waals surface area contributed by atoms with Crippen LogP contribution in [-0.4, -0.2) is 18.2 Å². The van der Waals surface area contributed by atoms with Crippen LogP contribution >= 0.6 is 0 Å². The average Bonchev–Trinajstić information content (AvgIpc) is 2.50. The molecule has 2 aromatic rings. The van der Waals surface area contributed by atoms with Gasteiger partial charge in [-0.05, 0) is 25.1 Å². The molecule has 0 saturated heterocycles. The van der Waals surface area contributed by atoms with Gasteiger partial charge >= 0.3 is 0 Å². The summed E-state index contributed by atoms with van der Waals surface area (Å²) in [6.45, 7) is 1.57. The van der Waals surface area contributed by atoms with Gasteiger partial charge in [0.15, 0.2) is 0 Å². The van der Waals surface area contributed by atoms with Crippen molar-refractivity contribution in [1.29, 1.82) is 0 Å². The largest absolute Gasteiger partial charge is 0.383 e. The summed E-state index contributed by atoms with van der Waals surface area (Å²) in [5.41, 5.74) is 0.976. The molecule has 0 saturated carbocycles. The maximum Gasteiger partial charge on any atom is 0.267 e. The van der Waals surface area contributed by atoms with E-state index in [1.165, 1.54) is 12.3 Å². The van der Waals surface area contributed by atoms with Crippen molar-refractivity contribution in [1.82, 2.24) is 0 Å². The fourth-order valence-electron chi connectivity index (χ4n) is 1.57. The summed E-state index contributed by atoms with van der Waals surface area (Å²) in [6.07, 6.45) is 0.454. The second kappa shape index (κ2) is 7.19. The van der Waals surface area contributed by atoms with Crippen LogP contribution in [0.3, 0.4) is 0 Å². The van der Waals surface area contributed by atoms with Crippen LogP contribution in [0.5, 0.6) is 0 Å². The normalized spacial score (nSPS) is 12.1. The summed E-state index contributed by atoms with van der Waals surface area (Å²) in [6, 6.07) is 15.2. The predicted octanol–water partition coefficient (Wildman–Crippen LogP) is 3.20. The van der Waals surface area contributed by atoms with Gasteiger partial charge in [0.25, 0.3) is 5.91 Å². The van der Waals surface area contributed by atoms with Gasteiger partial charge in [0.05, 0.1) is 6.21 Å². The molecular formula is C16H15FN2O2. The van der Waals surface area contributed by atoms with Crippen molar-refractivity contribution in [2.75, 3.05) is 5.32 Å². The molecule has 0 aliphatic heterocycles. The van der Waals surface area contributed by atoms with E-state index in [1.54, 1.807) is 37.3 Å². The van der Waals surface area contributed by atoms with Crippen LogP contribution in [0.15, 0.2) is 59.8 Å². The van der Waals surface area contributed by atoms with Crippen LogP contribution < -0.4 is 5.32 Å². The average molecular weight is 286 g/mol. The molecule has 0 radical (unpaired) electrons. The summed E-state index contributed by atoms with van der Waals surface area (Å²) < 4.78 is 13.3. The molecule has 4 nitrogen and oxygen atoms in total. The molecule has 0 fully saturated rings. The number of rotatable bonds is 5. The number of halogens is 1. The smallest absolute Gasteiger partial charge is 0.267 e. The number of oxime groups is 1. The van der Waals surface area contributed by atoms with E-state index in [9.17, 15) is 9.18 Å². The van der Waals surface area contributed by atoms with Gasteiger partial charge in [-0.15, -0.1) is 0 Å². The highest BCUT2D eigenvalue weighted by atomic mass is 19.1. The molecule has 2 aromatic carbocycles. The molecule has 108 valence electrons. The molecule has 0 bridgehead atoms. The summed E-state index contributed by atoms with van der Waals surface area (Å²) in [4.78, 5) is 16.9. The first-order chi connectivity index (χ1) is 10.2. The van der Waals surface area contributed by atoms with Crippen molar-refractivity contribution in [3.63, 3.8) is 0 Å². The van der Waals surface area contributed by atoms with E-state index < -0.39 is 11.9 Å². The standard InChI is InChI=1S/C16H15FN2O2/c1-12(16(20)19-14-8-3-2-4-9-14)21-18-11-13-7-5-6-10-15(13)17/h2-12H,1H3,(H,19,20)/b18-11-/t12-/m0/s1. The maximum absolute atomic E-state index is 13.3. The Morgan fingerprint density at radius 1 is 1.19 bits per heavy atom. The van der Waals surface area contributed by atoms with Gasteiger partial charge in [0, 0.05) is 11.3 Å². The van der Waals surface area contributed by atoms with E-state index in [-0.39, 0.29) is 5.91 Å². The van der Waals surface area contributed by atoms with Crippen LogP contribution in [-0.2, 0) is 9.63 Å². The molecular weight excluding hydrogens is 271 g/mol. The van der Waals surface area contributed by atoms with Crippen molar-refractivity contribution >= 4 is 17.8 Å². The van der Waals surface area contributed by atoms with E-state index in [0.29, 0.717) is 11.3 Å². The van der Waals surface area contributed by atoms with Crippen molar-refractivity contribution < 1.29 is 14.0 Å². The second-order valence-corrected chi connectivity index (χ2v) is 4.36. The van der Waals surface area contributed by atoms with Gasteiger partial charge in [-0.2, -0.15) is 0 Å². The zero-order valence-corrected chi connectivity index (χ0v) is 11.5. The second-order valence-electron chi connectivity index (χ2n) is 4.36. The number of para-hydroxylation sites is 1. The maximum atomic E-state index is 13.3. The number of benzene rings is 2. The number of anilines is 1. The Morgan fingerprint density at radius 3 is 2.57 bits per heavy atom. The van der Waals surface area contributed by atoms with Gasteiger partial charge < -0.3 is 10.2 Å². The SMILES string of the molecule is C[C@H](O/N=C\c1ccccc1F)C(=O)Nc1ccccc1. The topological polar surface area (TPSA) is 50.7 Å². The fraction of sp³-hybridized carbons (Fsp3) is 0.125. The Morgan fingerprint density at radius 2 is 1.86 bits per heavy atom. The third kappa shape index (κ3) is 4.42. The Bertz CT molecular complexity index is 629. The molecule has 0 unspecified atom stereocenters. The number of nitrogens with one attached hydrogen (secondary N) is 1. The third-order valence-electron chi connectivity index (χ3n) is 2.73. The molecule has 0 aromatic heterocycles. The summed E-state index contributed by atoms with van der Waals surface area (Å²) in [5.74, 6) is -0.724. The minimum atomic E-state index is -0.784. The Hall–Kier alpha value is -2.69. The van der Waals surface area contributed by atoms with Crippen LogP contribution in [0.1, 0.15) is 12.5 Å². The first-order valence-electron chi connectivity index (χ1n) is 6.46. The van der Waals surface area contributed by atoms with Gasteiger partial charge in [-0.25, -0.2) is 4.39 Å². The molecule has 5 heteroatoms.